The number of halogens is 1. The lowest BCUT2D eigenvalue weighted by atomic mass is 10.1. The molecule has 1 aromatic rings. The molecule has 5 nitrogen and oxygen atoms in total. The number of thioether (sulfide) groups is 1. The van der Waals surface area contributed by atoms with E-state index in [0.29, 0.717) is 29.2 Å². The Kier molecular flexibility index (Phi) is 4.55. The second-order valence-electron chi connectivity index (χ2n) is 4.89. The molecule has 1 fully saturated rings. The van der Waals surface area contributed by atoms with Crippen LogP contribution in [0, 0.1) is 10.1 Å². The fourth-order valence-corrected chi connectivity index (χ4v) is 3.89. The standard InChI is InChI=1S/C13H15ClN2O3S/c1-8-6-15(7-9(2)20-8)13(17)10-3-4-12(16(18)19)11(14)5-10/h3-5,8-9H,6-7H2,1-2H3. The van der Waals surface area contributed by atoms with Crippen molar-refractivity contribution in [1.82, 2.24) is 4.90 Å². The summed E-state index contributed by atoms with van der Waals surface area (Å²) in [7, 11) is 0. The summed E-state index contributed by atoms with van der Waals surface area (Å²) in [6.07, 6.45) is 0. The van der Waals surface area contributed by atoms with E-state index in [1.807, 2.05) is 11.8 Å². The van der Waals surface area contributed by atoms with Crippen molar-refractivity contribution in [3.63, 3.8) is 0 Å². The number of rotatable bonds is 2. The molecule has 2 unspecified atom stereocenters. The molecular weight excluding hydrogens is 300 g/mol. The molecule has 0 N–H and O–H groups in total. The molecule has 1 amide bonds. The molecule has 1 aromatic carbocycles. The predicted octanol–water partition coefficient (Wildman–Crippen LogP) is 3.21. The molecule has 1 aliphatic heterocycles. The molecule has 0 aliphatic carbocycles. The number of carbonyl (C=O) groups is 1. The van der Waals surface area contributed by atoms with Gasteiger partial charge in [0.1, 0.15) is 5.02 Å². The lowest BCUT2D eigenvalue weighted by Crippen LogP contribution is -2.44. The van der Waals surface area contributed by atoms with Gasteiger partial charge in [-0.2, -0.15) is 11.8 Å². The second-order valence-corrected chi connectivity index (χ2v) is 7.18. The van der Waals surface area contributed by atoms with Crippen molar-refractivity contribution in [3.05, 3.63) is 38.9 Å². The van der Waals surface area contributed by atoms with Crippen LogP contribution in [-0.2, 0) is 0 Å². The van der Waals surface area contributed by atoms with E-state index in [4.69, 9.17) is 11.6 Å². The summed E-state index contributed by atoms with van der Waals surface area (Å²) in [4.78, 5) is 24.3. The molecule has 0 bridgehead atoms. The van der Waals surface area contributed by atoms with Crippen LogP contribution in [0.2, 0.25) is 5.02 Å². The van der Waals surface area contributed by atoms with Gasteiger partial charge in [0.2, 0.25) is 0 Å². The van der Waals surface area contributed by atoms with E-state index in [1.54, 1.807) is 4.90 Å². The quantitative estimate of drug-likeness (QED) is 0.621. The third-order valence-corrected chi connectivity index (χ3v) is 4.63. The van der Waals surface area contributed by atoms with Gasteiger partial charge in [-0.25, -0.2) is 0 Å². The topological polar surface area (TPSA) is 63.5 Å². The first-order valence-corrected chi connectivity index (χ1v) is 7.59. The maximum atomic E-state index is 12.4. The predicted molar refractivity (Wildman–Crippen MR) is 80.5 cm³/mol. The van der Waals surface area contributed by atoms with Gasteiger partial charge in [0.25, 0.3) is 11.6 Å². The minimum Gasteiger partial charge on any atom is -0.336 e. The maximum absolute atomic E-state index is 12.4. The van der Waals surface area contributed by atoms with Crippen LogP contribution in [-0.4, -0.2) is 39.3 Å². The van der Waals surface area contributed by atoms with Gasteiger partial charge in [0.05, 0.1) is 4.92 Å². The number of hydrogen-bond acceptors (Lipinski definition) is 4. The number of carbonyl (C=O) groups excluding carboxylic acids is 1. The van der Waals surface area contributed by atoms with E-state index >= 15 is 0 Å². The van der Waals surface area contributed by atoms with Crippen molar-refractivity contribution in [2.45, 2.75) is 24.3 Å². The minimum absolute atomic E-state index is 0.00617. The van der Waals surface area contributed by atoms with Crippen LogP contribution in [0.25, 0.3) is 0 Å². The largest absolute Gasteiger partial charge is 0.336 e. The average Bonchev–Trinajstić information content (AvgIpc) is 2.36. The number of hydrogen-bond donors (Lipinski definition) is 0. The molecule has 0 saturated carbocycles. The Morgan fingerprint density at radius 3 is 2.50 bits per heavy atom. The SMILES string of the molecule is CC1CN(C(=O)c2ccc([N+](=O)[O-])c(Cl)c2)CC(C)S1. The van der Waals surface area contributed by atoms with E-state index in [2.05, 4.69) is 13.8 Å². The zero-order valence-corrected chi connectivity index (χ0v) is 12.8. The Bertz CT molecular complexity index is 542. The normalized spacial score (nSPS) is 22.6. The molecule has 1 heterocycles. The van der Waals surface area contributed by atoms with Gasteiger partial charge in [0, 0.05) is 35.2 Å². The first kappa shape index (κ1) is 15.1. The fourth-order valence-electron chi connectivity index (χ4n) is 2.31. The van der Waals surface area contributed by atoms with Crippen LogP contribution in [0.3, 0.4) is 0 Å². The molecular formula is C13H15ClN2O3S. The molecule has 0 radical (unpaired) electrons. The number of nitro benzene ring substituents is 1. The monoisotopic (exact) mass is 314 g/mol. The molecule has 0 aromatic heterocycles. The molecule has 2 rings (SSSR count). The lowest BCUT2D eigenvalue weighted by Gasteiger charge is -2.34. The van der Waals surface area contributed by atoms with Crippen molar-refractivity contribution >= 4 is 35.0 Å². The Labute approximate surface area is 126 Å². The smallest absolute Gasteiger partial charge is 0.287 e. The molecule has 7 heteroatoms. The number of nitrogens with zero attached hydrogens (tertiary/aromatic N) is 2. The zero-order chi connectivity index (χ0) is 14.9. The van der Waals surface area contributed by atoms with Gasteiger partial charge in [-0.05, 0) is 12.1 Å². The first-order valence-electron chi connectivity index (χ1n) is 6.27. The van der Waals surface area contributed by atoms with Gasteiger partial charge >= 0.3 is 0 Å². The minimum atomic E-state index is -0.557. The summed E-state index contributed by atoms with van der Waals surface area (Å²) >= 11 is 7.71. The third-order valence-electron chi connectivity index (χ3n) is 3.10. The van der Waals surface area contributed by atoms with Crippen LogP contribution >= 0.6 is 23.4 Å². The Hall–Kier alpha value is -1.27. The highest BCUT2D eigenvalue weighted by molar-refractivity contribution is 8.00. The van der Waals surface area contributed by atoms with Gasteiger partial charge in [-0.1, -0.05) is 25.4 Å². The van der Waals surface area contributed by atoms with Crippen LogP contribution in [0.1, 0.15) is 24.2 Å². The van der Waals surface area contributed by atoms with E-state index in [-0.39, 0.29) is 16.6 Å². The number of amides is 1. The fraction of sp³-hybridized carbons (Fsp3) is 0.462. The van der Waals surface area contributed by atoms with Gasteiger partial charge < -0.3 is 4.90 Å². The maximum Gasteiger partial charge on any atom is 0.287 e. The first-order chi connectivity index (χ1) is 9.38. The highest BCUT2D eigenvalue weighted by atomic mass is 35.5. The highest BCUT2D eigenvalue weighted by Crippen LogP contribution is 2.28. The van der Waals surface area contributed by atoms with Crippen LogP contribution < -0.4 is 0 Å². The summed E-state index contributed by atoms with van der Waals surface area (Å²) in [5.41, 5.74) is 0.214. The van der Waals surface area contributed by atoms with Crippen molar-refractivity contribution in [2.75, 3.05) is 13.1 Å². The molecule has 2 atom stereocenters. The van der Waals surface area contributed by atoms with Gasteiger partial charge in [-0.3, -0.25) is 14.9 Å². The summed E-state index contributed by atoms with van der Waals surface area (Å²) in [6.45, 7) is 5.54. The summed E-state index contributed by atoms with van der Waals surface area (Å²) in [5.74, 6) is -0.124. The van der Waals surface area contributed by atoms with E-state index in [0.717, 1.165) is 0 Å². The van der Waals surface area contributed by atoms with Crippen LogP contribution in [0.4, 0.5) is 5.69 Å². The molecule has 108 valence electrons. The van der Waals surface area contributed by atoms with Gasteiger partial charge in [0.15, 0.2) is 0 Å². The van der Waals surface area contributed by atoms with Crippen molar-refractivity contribution in [3.8, 4) is 0 Å². The van der Waals surface area contributed by atoms with Crippen molar-refractivity contribution in [1.29, 1.82) is 0 Å². The molecule has 20 heavy (non-hydrogen) atoms. The summed E-state index contributed by atoms with van der Waals surface area (Å²) in [6, 6.07) is 4.11. The Morgan fingerprint density at radius 1 is 1.40 bits per heavy atom. The summed E-state index contributed by atoms with van der Waals surface area (Å²) in [5, 5.41) is 11.5. The lowest BCUT2D eigenvalue weighted by molar-refractivity contribution is -0.384. The number of benzene rings is 1. The molecule has 0 spiro atoms. The molecule has 1 aliphatic rings. The van der Waals surface area contributed by atoms with Gasteiger partial charge in [-0.15, -0.1) is 0 Å². The van der Waals surface area contributed by atoms with Crippen molar-refractivity contribution < 1.29 is 9.72 Å². The van der Waals surface area contributed by atoms with E-state index in [1.165, 1.54) is 18.2 Å². The molecule has 1 saturated heterocycles. The average molecular weight is 315 g/mol. The van der Waals surface area contributed by atoms with E-state index < -0.39 is 4.92 Å². The zero-order valence-electron chi connectivity index (χ0n) is 11.2. The van der Waals surface area contributed by atoms with E-state index in [9.17, 15) is 14.9 Å². The van der Waals surface area contributed by atoms with Crippen LogP contribution in [0.5, 0.6) is 0 Å². The van der Waals surface area contributed by atoms with Crippen LogP contribution in [0.15, 0.2) is 18.2 Å². The Morgan fingerprint density at radius 2 is 2.00 bits per heavy atom. The summed E-state index contributed by atoms with van der Waals surface area (Å²) < 4.78 is 0. The van der Waals surface area contributed by atoms with Crippen molar-refractivity contribution in [2.24, 2.45) is 0 Å². The Balaban J connectivity index is 2.21. The highest BCUT2D eigenvalue weighted by Gasteiger charge is 2.27. The second kappa shape index (κ2) is 6.01. The number of nitro groups is 1. The third kappa shape index (κ3) is 3.24.